The minimum absolute atomic E-state index is 0.106. The van der Waals surface area contributed by atoms with Crippen molar-refractivity contribution < 1.29 is 22.4 Å². The van der Waals surface area contributed by atoms with Gasteiger partial charge in [0.05, 0.1) is 5.39 Å². The van der Waals surface area contributed by atoms with Crippen molar-refractivity contribution in [2.24, 2.45) is 0 Å². The molecule has 0 bridgehead atoms. The second kappa shape index (κ2) is 5.45. The van der Waals surface area contributed by atoms with E-state index in [2.05, 4.69) is 0 Å². The van der Waals surface area contributed by atoms with Gasteiger partial charge in [-0.3, -0.25) is 4.79 Å². The number of rotatable bonds is 2. The van der Waals surface area contributed by atoms with Gasteiger partial charge in [-0.15, -0.1) is 0 Å². The second-order valence-corrected chi connectivity index (χ2v) is 7.18. The van der Waals surface area contributed by atoms with Gasteiger partial charge in [0, 0.05) is 0 Å². The van der Waals surface area contributed by atoms with Gasteiger partial charge in [0.15, 0.2) is 4.90 Å². The molecule has 1 aromatic heterocycles. The zero-order chi connectivity index (χ0) is 16.5. The molecule has 1 amide bonds. The van der Waals surface area contributed by atoms with Crippen LogP contribution in [0.5, 0.6) is 0 Å². The van der Waals surface area contributed by atoms with E-state index in [0.717, 1.165) is 6.26 Å². The molecule has 0 spiro atoms. The number of sulfonamides is 1. The molecule has 1 N–H and O–H groups in total. The third-order valence-electron chi connectivity index (χ3n) is 2.55. The summed E-state index contributed by atoms with van der Waals surface area (Å²) in [5.41, 5.74) is -1.37. The Morgan fingerprint density at radius 1 is 1.23 bits per heavy atom. The van der Waals surface area contributed by atoms with Crippen LogP contribution in [-0.2, 0) is 14.8 Å². The van der Waals surface area contributed by atoms with Crippen LogP contribution in [-0.4, -0.2) is 20.1 Å². The van der Waals surface area contributed by atoms with E-state index in [4.69, 9.17) is 9.15 Å². The zero-order valence-electron chi connectivity index (χ0n) is 12.2. The summed E-state index contributed by atoms with van der Waals surface area (Å²) in [4.78, 5) is 23.1. The molecule has 0 aliphatic rings. The maximum absolute atomic E-state index is 12.2. The maximum atomic E-state index is 12.2. The molecule has 118 valence electrons. The predicted octanol–water partition coefficient (Wildman–Crippen LogP) is 2.01. The summed E-state index contributed by atoms with van der Waals surface area (Å²) >= 11 is 0. The number of carbonyl (C=O) groups is 1. The van der Waals surface area contributed by atoms with Gasteiger partial charge >= 0.3 is 6.09 Å². The molecule has 2 rings (SSSR count). The monoisotopic (exact) mass is 325 g/mol. The number of para-hydroxylation sites is 1. The van der Waals surface area contributed by atoms with E-state index in [1.54, 1.807) is 37.6 Å². The van der Waals surface area contributed by atoms with Gasteiger partial charge < -0.3 is 9.15 Å². The molecule has 1 aromatic carbocycles. The number of hydrogen-bond donors (Lipinski definition) is 1. The first-order valence-electron chi connectivity index (χ1n) is 6.36. The predicted molar refractivity (Wildman–Crippen MR) is 79.0 cm³/mol. The molecule has 0 aliphatic heterocycles. The van der Waals surface area contributed by atoms with Gasteiger partial charge in [-0.05, 0) is 32.9 Å². The first-order chi connectivity index (χ1) is 10.1. The summed E-state index contributed by atoms with van der Waals surface area (Å²) in [7, 11) is -4.38. The Morgan fingerprint density at radius 2 is 1.86 bits per heavy atom. The number of nitrogens with one attached hydrogen (secondary N) is 1. The van der Waals surface area contributed by atoms with E-state index < -0.39 is 32.0 Å². The van der Waals surface area contributed by atoms with Crippen molar-refractivity contribution in [3.8, 4) is 0 Å². The summed E-state index contributed by atoms with van der Waals surface area (Å²) in [6.07, 6.45) is -0.364. The first kappa shape index (κ1) is 16.0. The average molecular weight is 325 g/mol. The minimum Gasteiger partial charge on any atom is -0.463 e. The van der Waals surface area contributed by atoms with E-state index in [1.165, 1.54) is 12.1 Å². The molecule has 2 aromatic rings. The molecular formula is C14H15NO6S. The molecule has 0 unspecified atom stereocenters. The van der Waals surface area contributed by atoms with Crippen LogP contribution < -0.4 is 10.2 Å². The van der Waals surface area contributed by atoms with Crippen LogP contribution in [0.15, 0.2) is 44.6 Å². The van der Waals surface area contributed by atoms with E-state index >= 15 is 0 Å². The SMILES string of the molecule is CC(C)(C)OC(=O)NS(=O)(=O)c1coc2ccccc2c1=O. The molecule has 0 aliphatic carbocycles. The Labute approximate surface area is 126 Å². The lowest BCUT2D eigenvalue weighted by molar-refractivity contribution is 0.0570. The summed E-state index contributed by atoms with van der Waals surface area (Å²) in [5, 5.41) is 0.106. The smallest absolute Gasteiger partial charge is 0.421 e. The molecule has 0 saturated heterocycles. The van der Waals surface area contributed by atoms with Gasteiger partial charge in [-0.2, -0.15) is 0 Å². The van der Waals surface area contributed by atoms with Gasteiger partial charge in [0.1, 0.15) is 17.4 Å². The second-order valence-electron chi connectivity index (χ2n) is 5.53. The third-order valence-corrected chi connectivity index (χ3v) is 3.85. The lowest BCUT2D eigenvalue weighted by Gasteiger charge is -2.19. The summed E-state index contributed by atoms with van der Waals surface area (Å²) in [6, 6.07) is 6.21. The third kappa shape index (κ3) is 3.45. The number of benzene rings is 1. The Kier molecular flexibility index (Phi) is 3.97. The van der Waals surface area contributed by atoms with Crippen LogP contribution in [0, 0.1) is 0 Å². The number of amides is 1. The highest BCUT2D eigenvalue weighted by Crippen LogP contribution is 2.14. The van der Waals surface area contributed by atoms with Crippen molar-refractivity contribution in [3.05, 3.63) is 40.8 Å². The normalized spacial score (nSPS) is 12.1. The molecule has 0 radical (unpaired) electrons. The van der Waals surface area contributed by atoms with E-state index in [-0.39, 0.29) is 11.0 Å². The quantitative estimate of drug-likeness (QED) is 0.906. The molecular weight excluding hydrogens is 310 g/mol. The van der Waals surface area contributed by atoms with Gasteiger partial charge in [-0.25, -0.2) is 17.9 Å². The Hall–Kier alpha value is -2.35. The van der Waals surface area contributed by atoms with Gasteiger partial charge in [-0.1, -0.05) is 12.1 Å². The molecule has 7 nitrogen and oxygen atoms in total. The Morgan fingerprint density at radius 3 is 2.50 bits per heavy atom. The van der Waals surface area contributed by atoms with Crippen molar-refractivity contribution in [3.63, 3.8) is 0 Å². The standard InChI is InChI=1S/C14H15NO6S/c1-14(2,3)21-13(17)15-22(18,19)11-8-20-10-7-5-4-6-9(10)12(11)16/h4-8H,1-3H3,(H,15,17). The van der Waals surface area contributed by atoms with Crippen molar-refractivity contribution in [2.75, 3.05) is 0 Å². The van der Waals surface area contributed by atoms with Crippen molar-refractivity contribution >= 4 is 27.1 Å². The van der Waals surface area contributed by atoms with Crippen molar-refractivity contribution in [2.45, 2.75) is 31.3 Å². The fraction of sp³-hybridized carbons (Fsp3) is 0.286. The maximum Gasteiger partial charge on any atom is 0.421 e. The molecule has 1 heterocycles. The summed E-state index contributed by atoms with van der Waals surface area (Å²) in [5.74, 6) is 0. The Bertz CT molecular complexity index is 876. The molecule has 8 heteroatoms. The van der Waals surface area contributed by atoms with Crippen LogP contribution in [0.1, 0.15) is 20.8 Å². The number of fused-ring (bicyclic) bond motifs is 1. The highest BCUT2D eigenvalue weighted by Gasteiger charge is 2.26. The van der Waals surface area contributed by atoms with Gasteiger partial charge in [0.2, 0.25) is 5.43 Å². The molecule has 0 saturated carbocycles. The fourth-order valence-corrected chi connectivity index (χ4v) is 2.61. The largest absolute Gasteiger partial charge is 0.463 e. The van der Waals surface area contributed by atoms with Crippen molar-refractivity contribution in [1.82, 2.24) is 4.72 Å². The zero-order valence-corrected chi connectivity index (χ0v) is 13.1. The van der Waals surface area contributed by atoms with Crippen LogP contribution in [0.25, 0.3) is 11.0 Å². The number of carbonyl (C=O) groups excluding carboxylic acids is 1. The van der Waals surface area contributed by atoms with E-state index in [9.17, 15) is 18.0 Å². The highest BCUT2D eigenvalue weighted by molar-refractivity contribution is 7.90. The Balaban J connectivity index is 2.40. The summed E-state index contributed by atoms with van der Waals surface area (Å²) in [6.45, 7) is 4.76. The van der Waals surface area contributed by atoms with Crippen LogP contribution in [0.4, 0.5) is 4.79 Å². The fourth-order valence-electron chi connectivity index (χ4n) is 1.71. The average Bonchev–Trinajstić information content (AvgIpc) is 2.36. The minimum atomic E-state index is -4.38. The van der Waals surface area contributed by atoms with E-state index in [0.29, 0.717) is 0 Å². The summed E-state index contributed by atoms with van der Waals surface area (Å²) < 4.78 is 35.9. The lowest BCUT2D eigenvalue weighted by Crippen LogP contribution is -2.37. The van der Waals surface area contributed by atoms with Crippen molar-refractivity contribution in [1.29, 1.82) is 0 Å². The lowest BCUT2D eigenvalue weighted by atomic mass is 10.2. The van der Waals surface area contributed by atoms with Crippen LogP contribution in [0.3, 0.4) is 0 Å². The number of ether oxygens (including phenoxy) is 1. The number of hydrogen-bond acceptors (Lipinski definition) is 6. The van der Waals surface area contributed by atoms with E-state index in [1.807, 2.05) is 0 Å². The molecule has 22 heavy (non-hydrogen) atoms. The van der Waals surface area contributed by atoms with Gasteiger partial charge in [0.25, 0.3) is 10.0 Å². The van der Waals surface area contributed by atoms with Crippen LogP contribution in [0.2, 0.25) is 0 Å². The highest BCUT2D eigenvalue weighted by atomic mass is 32.2. The molecule has 0 atom stereocenters. The topological polar surface area (TPSA) is 103 Å². The van der Waals surface area contributed by atoms with Crippen LogP contribution >= 0.6 is 0 Å². The first-order valence-corrected chi connectivity index (χ1v) is 7.85. The molecule has 0 fully saturated rings.